The van der Waals surface area contributed by atoms with Crippen molar-refractivity contribution in [2.24, 2.45) is 0 Å². The number of nitrogens with zero attached hydrogens (tertiary/aromatic N) is 5. The van der Waals surface area contributed by atoms with Crippen LogP contribution in [0.25, 0.3) is 0 Å². The van der Waals surface area contributed by atoms with Gasteiger partial charge in [0.25, 0.3) is 11.6 Å². The van der Waals surface area contributed by atoms with E-state index in [0.29, 0.717) is 11.4 Å². The van der Waals surface area contributed by atoms with Crippen LogP contribution >= 0.6 is 11.6 Å². The van der Waals surface area contributed by atoms with Crippen molar-refractivity contribution in [2.45, 2.75) is 13.8 Å². The predicted octanol–water partition coefficient (Wildman–Crippen LogP) is 1.70. The minimum absolute atomic E-state index is 0.0371. The Morgan fingerprint density at radius 3 is 2.67 bits per heavy atom. The third-order valence-corrected chi connectivity index (χ3v) is 2.81. The average Bonchev–Trinajstić information content (AvgIpc) is 2.42. The van der Waals surface area contributed by atoms with Gasteiger partial charge in [-0.25, -0.2) is 9.97 Å². The van der Waals surface area contributed by atoms with Gasteiger partial charge in [0.2, 0.25) is 5.95 Å². The first-order chi connectivity index (χ1) is 9.88. The molecule has 0 aliphatic carbocycles. The molecule has 2 rings (SSSR count). The van der Waals surface area contributed by atoms with Crippen LogP contribution in [-0.2, 0) is 0 Å². The second-order valence-corrected chi connectivity index (χ2v) is 4.43. The number of halogens is 1. The third kappa shape index (κ3) is 3.26. The molecule has 9 nitrogen and oxygen atoms in total. The fraction of sp³-hybridized carbons (Fsp3) is 0.182. The van der Waals surface area contributed by atoms with Gasteiger partial charge in [-0.3, -0.25) is 20.2 Å². The first-order valence-corrected chi connectivity index (χ1v) is 6.05. The SMILES string of the molecule is Cc1nnc(NC(=O)c2cc(Cl)ncc2[N+](=O)[O-])nc1C. The van der Waals surface area contributed by atoms with Crippen molar-refractivity contribution in [2.75, 3.05) is 5.32 Å². The molecule has 0 radical (unpaired) electrons. The Kier molecular flexibility index (Phi) is 4.03. The van der Waals surface area contributed by atoms with Crippen LogP contribution in [-0.4, -0.2) is 31.0 Å². The van der Waals surface area contributed by atoms with E-state index in [0.717, 1.165) is 12.3 Å². The maximum Gasteiger partial charge on any atom is 0.300 e. The second-order valence-electron chi connectivity index (χ2n) is 4.04. The normalized spacial score (nSPS) is 10.2. The first kappa shape index (κ1) is 14.7. The lowest BCUT2D eigenvalue weighted by atomic mass is 10.2. The van der Waals surface area contributed by atoms with Crippen LogP contribution in [0.5, 0.6) is 0 Å². The number of amides is 1. The quantitative estimate of drug-likeness (QED) is 0.519. The highest BCUT2D eigenvalue weighted by Crippen LogP contribution is 2.21. The van der Waals surface area contributed by atoms with E-state index in [9.17, 15) is 14.9 Å². The number of aromatic nitrogens is 4. The summed E-state index contributed by atoms with van der Waals surface area (Å²) in [4.78, 5) is 29.8. The van der Waals surface area contributed by atoms with Crippen LogP contribution in [0, 0.1) is 24.0 Å². The number of carbonyl (C=O) groups excluding carboxylic acids is 1. The number of hydrogen-bond donors (Lipinski definition) is 1. The number of aryl methyl sites for hydroxylation is 2. The molecule has 0 bridgehead atoms. The van der Waals surface area contributed by atoms with Gasteiger partial charge in [0.1, 0.15) is 16.9 Å². The summed E-state index contributed by atoms with van der Waals surface area (Å²) in [6.07, 6.45) is 0.913. The molecule has 0 unspecified atom stereocenters. The molecule has 108 valence electrons. The summed E-state index contributed by atoms with van der Waals surface area (Å²) in [5.74, 6) is -0.818. The lowest BCUT2D eigenvalue weighted by molar-refractivity contribution is -0.385. The van der Waals surface area contributed by atoms with Crippen LogP contribution in [0.3, 0.4) is 0 Å². The lowest BCUT2D eigenvalue weighted by Crippen LogP contribution is -2.17. The average molecular weight is 309 g/mol. The molecule has 2 aromatic heterocycles. The molecular weight excluding hydrogens is 300 g/mol. The molecule has 2 aromatic rings. The number of rotatable bonds is 3. The number of nitrogens with one attached hydrogen (secondary N) is 1. The third-order valence-electron chi connectivity index (χ3n) is 2.61. The van der Waals surface area contributed by atoms with Crippen LogP contribution in [0.4, 0.5) is 11.6 Å². The maximum atomic E-state index is 12.1. The van der Waals surface area contributed by atoms with Crippen molar-refractivity contribution in [1.82, 2.24) is 20.2 Å². The summed E-state index contributed by atoms with van der Waals surface area (Å²) in [7, 11) is 0. The first-order valence-electron chi connectivity index (χ1n) is 5.67. The molecule has 0 atom stereocenters. The van der Waals surface area contributed by atoms with Crippen LogP contribution in [0.15, 0.2) is 12.3 Å². The number of pyridine rings is 1. The Labute approximate surface area is 123 Å². The molecule has 0 aliphatic heterocycles. The van der Waals surface area contributed by atoms with E-state index in [1.807, 2.05) is 0 Å². The molecular formula is C11H9ClN6O3. The molecule has 0 saturated carbocycles. The number of hydrogen-bond acceptors (Lipinski definition) is 7. The summed E-state index contributed by atoms with van der Waals surface area (Å²) in [5, 5.41) is 20.7. The van der Waals surface area contributed by atoms with Gasteiger partial charge in [0.05, 0.1) is 16.3 Å². The van der Waals surface area contributed by atoms with Gasteiger partial charge in [0, 0.05) is 0 Å². The number of nitro groups is 1. The van der Waals surface area contributed by atoms with E-state index in [1.165, 1.54) is 0 Å². The van der Waals surface area contributed by atoms with E-state index in [2.05, 4.69) is 25.5 Å². The number of carbonyl (C=O) groups is 1. The lowest BCUT2D eigenvalue weighted by Gasteiger charge is -2.05. The minimum atomic E-state index is -0.768. The van der Waals surface area contributed by atoms with Gasteiger partial charge >= 0.3 is 0 Å². The van der Waals surface area contributed by atoms with Crippen molar-refractivity contribution in [3.05, 3.63) is 44.5 Å². The monoisotopic (exact) mass is 308 g/mol. The highest BCUT2D eigenvalue weighted by Gasteiger charge is 2.22. The molecule has 21 heavy (non-hydrogen) atoms. The zero-order valence-electron chi connectivity index (χ0n) is 11.0. The molecule has 1 N–H and O–H groups in total. The second kappa shape index (κ2) is 5.75. The van der Waals surface area contributed by atoms with E-state index in [1.54, 1.807) is 13.8 Å². The van der Waals surface area contributed by atoms with Crippen molar-refractivity contribution in [1.29, 1.82) is 0 Å². The molecule has 0 fully saturated rings. The van der Waals surface area contributed by atoms with Crippen LogP contribution in [0.1, 0.15) is 21.7 Å². The van der Waals surface area contributed by atoms with E-state index >= 15 is 0 Å². The van der Waals surface area contributed by atoms with Gasteiger partial charge in [-0.2, -0.15) is 5.10 Å². The van der Waals surface area contributed by atoms with Gasteiger partial charge in [-0.15, -0.1) is 5.10 Å². The molecule has 0 aliphatic rings. The fourth-order valence-electron chi connectivity index (χ4n) is 1.43. The molecule has 0 aromatic carbocycles. The van der Waals surface area contributed by atoms with Crippen LogP contribution < -0.4 is 5.32 Å². The molecule has 2 heterocycles. The number of anilines is 1. The summed E-state index contributed by atoms with van der Waals surface area (Å²) >= 11 is 5.66. The summed E-state index contributed by atoms with van der Waals surface area (Å²) in [5.41, 5.74) is 0.504. The maximum absolute atomic E-state index is 12.1. The van der Waals surface area contributed by atoms with Crippen molar-refractivity contribution >= 4 is 29.1 Å². The van der Waals surface area contributed by atoms with Crippen molar-refractivity contribution in [3.63, 3.8) is 0 Å². The summed E-state index contributed by atoms with van der Waals surface area (Å²) in [6.45, 7) is 3.42. The van der Waals surface area contributed by atoms with Crippen molar-refractivity contribution in [3.8, 4) is 0 Å². The Hall–Kier alpha value is -2.68. The van der Waals surface area contributed by atoms with Gasteiger partial charge in [-0.1, -0.05) is 11.6 Å². The zero-order valence-corrected chi connectivity index (χ0v) is 11.7. The Morgan fingerprint density at radius 2 is 2.05 bits per heavy atom. The Bertz CT molecular complexity index is 736. The standard InChI is InChI=1S/C11H9ClN6O3/c1-5-6(2)16-17-11(14-5)15-10(19)7-3-9(12)13-4-8(7)18(20)21/h3-4H,1-2H3,(H,14,15,17,19). The van der Waals surface area contributed by atoms with E-state index in [4.69, 9.17) is 11.6 Å². The van der Waals surface area contributed by atoms with E-state index < -0.39 is 16.5 Å². The van der Waals surface area contributed by atoms with Crippen molar-refractivity contribution < 1.29 is 9.72 Å². The Balaban J connectivity index is 2.34. The molecule has 0 saturated heterocycles. The van der Waals surface area contributed by atoms with Crippen LogP contribution in [0.2, 0.25) is 5.15 Å². The van der Waals surface area contributed by atoms with Gasteiger partial charge in [-0.05, 0) is 19.9 Å². The van der Waals surface area contributed by atoms with E-state index in [-0.39, 0.29) is 16.7 Å². The Morgan fingerprint density at radius 1 is 1.33 bits per heavy atom. The molecule has 10 heteroatoms. The molecule has 1 amide bonds. The largest absolute Gasteiger partial charge is 0.300 e. The molecule has 0 spiro atoms. The summed E-state index contributed by atoms with van der Waals surface area (Å²) < 4.78 is 0. The highest BCUT2D eigenvalue weighted by atomic mass is 35.5. The smallest absolute Gasteiger partial charge is 0.289 e. The fourth-order valence-corrected chi connectivity index (χ4v) is 1.59. The minimum Gasteiger partial charge on any atom is -0.289 e. The predicted molar refractivity (Wildman–Crippen MR) is 73.2 cm³/mol. The topological polar surface area (TPSA) is 124 Å². The zero-order chi connectivity index (χ0) is 15.6. The van der Waals surface area contributed by atoms with Gasteiger partial charge in [0.15, 0.2) is 0 Å². The summed E-state index contributed by atoms with van der Waals surface area (Å²) in [6, 6.07) is 1.10. The van der Waals surface area contributed by atoms with Gasteiger partial charge < -0.3 is 0 Å². The highest BCUT2D eigenvalue weighted by molar-refractivity contribution is 6.30.